The first-order chi connectivity index (χ1) is 13.2. The zero-order valence-electron chi connectivity index (χ0n) is 15.0. The van der Waals surface area contributed by atoms with Crippen LogP contribution in [0.25, 0.3) is 0 Å². The zero-order valence-corrected chi connectivity index (χ0v) is 15.0. The second-order valence-corrected chi connectivity index (χ2v) is 6.53. The van der Waals surface area contributed by atoms with Gasteiger partial charge in [-0.25, -0.2) is 4.98 Å². The highest BCUT2D eigenvalue weighted by Crippen LogP contribution is 2.35. The molecule has 0 saturated carbocycles. The lowest BCUT2D eigenvalue weighted by molar-refractivity contribution is -0.110. The molecule has 1 aromatic heterocycles. The normalized spacial score (nSPS) is 16.1. The highest BCUT2D eigenvalue weighted by Gasteiger charge is 2.32. The number of aryl methyl sites for hydroxylation is 1. The lowest BCUT2D eigenvalue weighted by atomic mass is 10.0. The first kappa shape index (κ1) is 17.0. The fourth-order valence-corrected chi connectivity index (χ4v) is 3.13. The third-order valence-electron chi connectivity index (χ3n) is 4.53. The molecular weight excluding hydrogens is 336 g/mol. The van der Waals surface area contributed by atoms with Gasteiger partial charge in [-0.3, -0.25) is 9.80 Å². The summed E-state index contributed by atoms with van der Waals surface area (Å²) in [5, 5.41) is 9.41. The summed E-state index contributed by atoms with van der Waals surface area (Å²) in [6, 6.07) is 23.8. The van der Waals surface area contributed by atoms with Gasteiger partial charge in [-0.2, -0.15) is 5.10 Å². The number of hydrogen-bond acceptors (Lipinski definition) is 4. The van der Waals surface area contributed by atoms with E-state index in [4.69, 9.17) is 0 Å². The van der Waals surface area contributed by atoms with Gasteiger partial charge in [-0.1, -0.05) is 54.6 Å². The molecule has 3 aromatic rings. The summed E-state index contributed by atoms with van der Waals surface area (Å²) in [6.07, 6.45) is 2.27. The Hall–Kier alpha value is -3.47. The minimum absolute atomic E-state index is 0.0136. The number of carbonyl (C=O) groups excluding carboxylic acids is 1. The number of hydrogen-bond donors (Lipinski definition) is 1. The van der Waals surface area contributed by atoms with Crippen LogP contribution in [0, 0.1) is 6.92 Å². The lowest BCUT2D eigenvalue weighted by Gasteiger charge is -2.23. The third-order valence-corrected chi connectivity index (χ3v) is 4.53. The fourth-order valence-electron chi connectivity index (χ4n) is 3.13. The van der Waals surface area contributed by atoms with Crippen molar-refractivity contribution in [3.63, 3.8) is 0 Å². The second kappa shape index (κ2) is 7.41. The van der Waals surface area contributed by atoms with E-state index in [1.807, 2.05) is 66.5 Å². The molecule has 134 valence electrons. The molecule has 2 heterocycles. The molecule has 0 bridgehead atoms. The molecule has 2 aromatic carbocycles. The van der Waals surface area contributed by atoms with Gasteiger partial charge < -0.3 is 5.32 Å². The van der Waals surface area contributed by atoms with Gasteiger partial charge in [0.1, 0.15) is 11.5 Å². The topological polar surface area (TPSA) is 57.6 Å². The van der Waals surface area contributed by atoms with E-state index in [0.29, 0.717) is 18.0 Å². The third kappa shape index (κ3) is 3.72. The van der Waals surface area contributed by atoms with E-state index in [0.717, 1.165) is 16.8 Å². The second-order valence-electron chi connectivity index (χ2n) is 6.53. The predicted molar refractivity (Wildman–Crippen MR) is 108 cm³/mol. The molecule has 1 N–H and O–H groups in total. The van der Waals surface area contributed by atoms with E-state index in [1.165, 1.54) is 0 Å². The number of nitrogens with one attached hydrogen (secondary N) is 1. The molecule has 0 spiro atoms. The van der Waals surface area contributed by atoms with Gasteiger partial charge in [0, 0.05) is 12.6 Å². The molecule has 5 heteroatoms. The quantitative estimate of drug-likeness (QED) is 0.757. The maximum Gasteiger partial charge on any atom is 0.273 e. The Balaban J connectivity index is 1.61. The number of hydrazone groups is 1. The monoisotopic (exact) mass is 356 g/mol. The highest BCUT2D eigenvalue weighted by atomic mass is 16.2. The zero-order chi connectivity index (χ0) is 18.6. The number of anilines is 2. The Kier molecular flexibility index (Phi) is 4.66. The summed E-state index contributed by atoms with van der Waals surface area (Å²) in [6.45, 7) is 1.96. The summed E-state index contributed by atoms with van der Waals surface area (Å²) < 4.78 is 0. The van der Waals surface area contributed by atoms with E-state index < -0.39 is 0 Å². The smallest absolute Gasteiger partial charge is 0.273 e. The van der Waals surface area contributed by atoms with Crippen molar-refractivity contribution < 1.29 is 4.79 Å². The number of carbonyl (C=O) groups is 1. The number of nitrogens with zero attached hydrogens (tertiary/aromatic N) is 3. The number of pyridine rings is 1. The van der Waals surface area contributed by atoms with Gasteiger partial charge in [0.05, 0.1) is 11.7 Å². The summed E-state index contributed by atoms with van der Waals surface area (Å²) in [5.74, 6) is 0.313. The SMILES string of the molecule is Cc1ccc(NC(=O)C2=NN(c3ccccc3)C(c3ccccc3)C2)nc1. The largest absolute Gasteiger partial charge is 0.305 e. The molecule has 1 unspecified atom stereocenters. The average molecular weight is 356 g/mol. The van der Waals surface area contributed by atoms with Crippen molar-refractivity contribution in [3.8, 4) is 0 Å². The number of amides is 1. The molecule has 0 saturated heterocycles. The standard InChI is InChI=1S/C22H20N4O/c1-16-12-13-21(23-15-16)24-22(27)19-14-20(17-8-4-2-5-9-17)26(25-19)18-10-6-3-7-11-18/h2-13,15,20H,14H2,1H3,(H,23,24,27). The first-order valence-electron chi connectivity index (χ1n) is 8.91. The fraction of sp³-hybridized carbons (Fsp3) is 0.136. The Bertz CT molecular complexity index is 953. The van der Waals surface area contributed by atoms with Crippen molar-refractivity contribution in [1.29, 1.82) is 0 Å². The maximum atomic E-state index is 12.7. The van der Waals surface area contributed by atoms with Crippen LogP contribution in [-0.4, -0.2) is 16.6 Å². The maximum absolute atomic E-state index is 12.7. The van der Waals surface area contributed by atoms with E-state index in [2.05, 4.69) is 27.5 Å². The molecule has 27 heavy (non-hydrogen) atoms. The molecule has 0 aliphatic carbocycles. The van der Waals surface area contributed by atoms with E-state index in [9.17, 15) is 4.79 Å². The van der Waals surface area contributed by atoms with Crippen LogP contribution >= 0.6 is 0 Å². The van der Waals surface area contributed by atoms with Crippen LogP contribution in [0.1, 0.15) is 23.6 Å². The Morgan fingerprint density at radius 3 is 2.37 bits per heavy atom. The molecule has 5 nitrogen and oxygen atoms in total. The van der Waals surface area contributed by atoms with Gasteiger partial charge in [0.2, 0.25) is 0 Å². The van der Waals surface area contributed by atoms with Crippen molar-refractivity contribution in [1.82, 2.24) is 4.98 Å². The summed E-state index contributed by atoms with van der Waals surface area (Å²) in [5.41, 5.74) is 3.63. The first-order valence-corrected chi connectivity index (χ1v) is 8.91. The Labute approximate surface area is 158 Å². The molecule has 1 atom stereocenters. The van der Waals surface area contributed by atoms with Gasteiger partial charge in [0.15, 0.2) is 0 Å². The molecule has 1 aliphatic heterocycles. The molecule has 0 fully saturated rings. The van der Waals surface area contributed by atoms with Crippen molar-refractivity contribution in [3.05, 3.63) is 90.1 Å². The molecule has 1 aliphatic rings. The van der Waals surface area contributed by atoms with Crippen LogP contribution in [0.2, 0.25) is 0 Å². The lowest BCUT2D eigenvalue weighted by Crippen LogP contribution is -2.22. The van der Waals surface area contributed by atoms with Gasteiger partial charge in [-0.05, 0) is 36.2 Å². The van der Waals surface area contributed by atoms with Crippen LogP contribution in [0.5, 0.6) is 0 Å². The van der Waals surface area contributed by atoms with E-state index in [-0.39, 0.29) is 11.9 Å². The van der Waals surface area contributed by atoms with Crippen molar-refractivity contribution >= 4 is 23.1 Å². The van der Waals surface area contributed by atoms with Crippen LogP contribution in [-0.2, 0) is 4.79 Å². The van der Waals surface area contributed by atoms with Gasteiger partial charge >= 0.3 is 0 Å². The average Bonchev–Trinajstić information content (AvgIpc) is 3.17. The van der Waals surface area contributed by atoms with Gasteiger partial charge in [0.25, 0.3) is 5.91 Å². The van der Waals surface area contributed by atoms with Crippen molar-refractivity contribution in [2.75, 3.05) is 10.3 Å². The predicted octanol–water partition coefficient (Wildman–Crippen LogP) is 4.34. The summed E-state index contributed by atoms with van der Waals surface area (Å²) >= 11 is 0. The van der Waals surface area contributed by atoms with Crippen molar-refractivity contribution in [2.45, 2.75) is 19.4 Å². The molecule has 1 amide bonds. The number of aromatic nitrogens is 1. The minimum atomic E-state index is -0.217. The molecular formula is C22H20N4O. The molecule has 4 rings (SSSR count). The van der Waals surface area contributed by atoms with Crippen LogP contribution < -0.4 is 10.3 Å². The minimum Gasteiger partial charge on any atom is -0.305 e. The Morgan fingerprint density at radius 1 is 1.00 bits per heavy atom. The summed E-state index contributed by atoms with van der Waals surface area (Å²) in [4.78, 5) is 17.0. The van der Waals surface area contributed by atoms with E-state index >= 15 is 0 Å². The van der Waals surface area contributed by atoms with Gasteiger partial charge in [-0.15, -0.1) is 0 Å². The molecule has 0 radical (unpaired) electrons. The van der Waals surface area contributed by atoms with E-state index in [1.54, 1.807) is 12.3 Å². The summed E-state index contributed by atoms with van der Waals surface area (Å²) in [7, 11) is 0. The van der Waals surface area contributed by atoms with Crippen molar-refractivity contribution in [2.24, 2.45) is 5.10 Å². The number of rotatable bonds is 4. The number of para-hydroxylation sites is 1. The number of benzene rings is 2. The van der Waals surface area contributed by atoms with Crippen LogP contribution in [0.4, 0.5) is 11.5 Å². The van der Waals surface area contributed by atoms with Crippen LogP contribution in [0.15, 0.2) is 84.1 Å². The van der Waals surface area contributed by atoms with Crippen LogP contribution in [0.3, 0.4) is 0 Å². The Morgan fingerprint density at radius 2 is 1.70 bits per heavy atom. The highest BCUT2D eigenvalue weighted by molar-refractivity contribution is 6.43.